The minimum absolute atomic E-state index is 0.0791. The molecule has 0 spiro atoms. The van der Waals surface area contributed by atoms with Crippen LogP contribution in [0.2, 0.25) is 0 Å². The van der Waals surface area contributed by atoms with Crippen LogP contribution in [-0.2, 0) is 4.79 Å². The van der Waals surface area contributed by atoms with Gasteiger partial charge in [0, 0.05) is 43.6 Å². The molecule has 5 rings (SSSR count). The molecule has 2 heterocycles. The number of nitrogens with zero attached hydrogens (tertiary/aromatic N) is 4. The third-order valence-electron chi connectivity index (χ3n) is 7.13. The monoisotopic (exact) mass is 451 g/mol. The average molecular weight is 452 g/mol. The lowest BCUT2D eigenvalue weighted by Crippen LogP contribution is -2.44. The van der Waals surface area contributed by atoms with Gasteiger partial charge >= 0.3 is 0 Å². The molecule has 4 N–H and O–H groups in total. The third-order valence-corrected chi connectivity index (χ3v) is 7.13. The van der Waals surface area contributed by atoms with Crippen molar-refractivity contribution in [3.8, 4) is 0 Å². The maximum Gasteiger partial charge on any atom is 0.229 e. The molecule has 2 fully saturated rings. The van der Waals surface area contributed by atoms with E-state index in [9.17, 15) is 9.18 Å². The summed E-state index contributed by atoms with van der Waals surface area (Å²) in [7, 11) is 2.14. The average Bonchev–Trinajstić information content (AvgIpc) is 3.39. The van der Waals surface area contributed by atoms with E-state index in [1.165, 1.54) is 5.69 Å². The van der Waals surface area contributed by atoms with Crippen molar-refractivity contribution in [2.24, 2.45) is 23.5 Å². The summed E-state index contributed by atoms with van der Waals surface area (Å²) in [5.74, 6) is -0.673. The predicted octanol–water partition coefficient (Wildman–Crippen LogP) is 2.51. The first-order valence-electron chi connectivity index (χ1n) is 11.5. The van der Waals surface area contributed by atoms with Crippen molar-refractivity contribution in [2.45, 2.75) is 19.4 Å². The third kappa shape index (κ3) is 4.25. The Hall–Kier alpha value is -3.20. The van der Waals surface area contributed by atoms with E-state index in [-0.39, 0.29) is 35.5 Å². The molecule has 33 heavy (non-hydrogen) atoms. The van der Waals surface area contributed by atoms with E-state index < -0.39 is 5.82 Å². The molecule has 0 radical (unpaired) electrons. The van der Waals surface area contributed by atoms with Gasteiger partial charge in [-0.1, -0.05) is 12.2 Å². The second-order valence-corrected chi connectivity index (χ2v) is 9.35. The summed E-state index contributed by atoms with van der Waals surface area (Å²) in [6.07, 6.45) is 6.11. The number of nitrogens with one attached hydrogen (secondary N) is 2. The van der Waals surface area contributed by atoms with Crippen LogP contribution in [0, 0.1) is 30.5 Å². The van der Waals surface area contributed by atoms with Crippen LogP contribution >= 0.6 is 0 Å². The molecule has 1 amide bonds. The van der Waals surface area contributed by atoms with E-state index in [4.69, 9.17) is 5.73 Å². The Bertz CT molecular complexity index is 1080. The Balaban J connectivity index is 1.31. The topological polar surface area (TPSA) is 99.4 Å². The molecule has 2 aromatic rings. The van der Waals surface area contributed by atoms with Crippen molar-refractivity contribution < 1.29 is 9.18 Å². The van der Waals surface area contributed by atoms with Crippen molar-refractivity contribution in [3.05, 3.63) is 47.9 Å². The number of carbonyl (C=O) groups excluding carboxylic acids is 1. The number of likely N-dealkylation sites (N-methyl/N-ethyl adjacent to an activating group) is 1. The molecule has 9 heteroatoms. The molecule has 1 aliphatic heterocycles. The van der Waals surface area contributed by atoms with Gasteiger partial charge in [0.05, 0.1) is 12.1 Å². The highest BCUT2D eigenvalue weighted by atomic mass is 19.1. The maximum atomic E-state index is 14.5. The highest BCUT2D eigenvalue weighted by Gasteiger charge is 2.47. The van der Waals surface area contributed by atoms with Gasteiger partial charge in [-0.25, -0.2) is 9.37 Å². The van der Waals surface area contributed by atoms with Gasteiger partial charge in [-0.05, 0) is 56.0 Å². The van der Waals surface area contributed by atoms with Gasteiger partial charge in [-0.2, -0.15) is 4.98 Å². The van der Waals surface area contributed by atoms with Crippen LogP contribution in [0.4, 0.5) is 27.5 Å². The number of aromatic nitrogens is 2. The number of amides is 1. The number of benzene rings is 1. The quantitative estimate of drug-likeness (QED) is 0.581. The molecule has 4 atom stereocenters. The normalized spacial score (nSPS) is 26.6. The Kier molecular flexibility index (Phi) is 5.65. The largest absolute Gasteiger partial charge is 0.369 e. The lowest BCUT2D eigenvalue weighted by atomic mass is 9.88. The number of piperazine rings is 1. The standard InChI is InChI=1S/C24H30FN7O/c1-14-11-17(5-6-19(14)32-9-7-31(2)8-10-32)28-24-27-13-18(25)23(30-24)29-21-16-4-3-15(12-16)20(21)22(26)33/h3-6,11,13,15-16,20-21H,7-10,12H2,1-2H3,(H2,26,33)(H2,27,28,29,30)/t15-,16-,20-,21+/m1/s1. The molecular formula is C24H30FN7O. The van der Waals surface area contributed by atoms with Crippen LogP contribution in [-0.4, -0.2) is 60.0 Å². The van der Waals surface area contributed by atoms with Crippen LogP contribution in [0.3, 0.4) is 0 Å². The number of halogens is 1. The Morgan fingerprint density at radius 3 is 2.67 bits per heavy atom. The zero-order valence-corrected chi connectivity index (χ0v) is 19.0. The lowest BCUT2D eigenvalue weighted by molar-refractivity contribution is -0.122. The number of primary amides is 1. The zero-order chi connectivity index (χ0) is 23.1. The number of allylic oxidation sites excluding steroid dienone is 1. The molecule has 1 saturated heterocycles. The maximum absolute atomic E-state index is 14.5. The highest BCUT2D eigenvalue weighted by molar-refractivity contribution is 5.79. The van der Waals surface area contributed by atoms with Gasteiger partial charge in [-0.3, -0.25) is 4.79 Å². The predicted molar refractivity (Wildman–Crippen MR) is 127 cm³/mol. The Morgan fingerprint density at radius 2 is 1.94 bits per heavy atom. The second-order valence-electron chi connectivity index (χ2n) is 9.35. The van der Waals surface area contributed by atoms with Crippen LogP contribution in [0.5, 0.6) is 0 Å². The van der Waals surface area contributed by atoms with Crippen LogP contribution in [0.15, 0.2) is 36.5 Å². The number of carbonyl (C=O) groups is 1. The van der Waals surface area contributed by atoms with Gasteiger partial charge in [-0.15, -0.1) is 0 Å². The number of aryl methyl sites for hydroxylation is 1. The molecular weight excluding hydrogens is 421 g/mol. The molecule has 1 saturated carbocycles. The smallest absolute Gasteiger partial charge is 0.229 e. The lowest BCUT2D eigenvalue weighted by Gasteiger charge is -2.35. The van der Waals surface area contributed by atoms with Crippen LogP contribution in [0.1, 0.15) is 12.0 Å². The van der Waals surface area contributed by atoms with Crippen molar-refractivity contribution in [1.82, 2.24) is 14.9 Å². The zero-order valence-electron chi connectivity index (χ0n) is 19.0. The van der Waals surface area contributed by atoms with Crippen molar-refractivity contribution >= 4 is 29.0 Å². The van der Waals surface area contributed by atoms with Gasteiger partial charge in [0.2, 0.25) is 11.9 Å². The first-order valence-corrected chi connectivity index (χ1v) is 11.5. The molecule has 2 aliphatic carbocycles. The number of hydrogen-bond donors (Lipinski definition) is 3. The first-order chi connectivity index (χ1) is 15.9. The molecule has 174 valence electrons. The van der Waals surface area contributed by atoms with E-state index in [0.29, 0.717) is 5.95 Å². The van der Waals surface area contributed by atoms with Gasteiger partial charge < -0.3 is 26.2 Å². The van der Waals surface area contributed by atoms with Crippen molar-refractivity contribution in [1.29, 1.82) is 0 Å². The number of anilines is 4. The van der Waals surface area contributed by atoms with Gasteiger partial charge in [0.15, 0.2) is 11.6 Å². The molecule has 1 aromatic carbocycles. The molecule has 0 unspecified atom stereocenters. The molecule has 3 aliphatic rings. The van der Waals surface area contributed by atoms with Gasteiger partial charge in [0.1, 0.15) is 0 Å². The van der Waals surface area contributed by atoms with E-state index >= 15 is 0 Å². The summed E-state index contributed by atoms with van der Waals surface area (Å²) in [4.78, 5) is 25.2. The fourth-order valence-corrected chi connectivity index (χ4v) is 5.36. The summed E-state index contributed by atoms with van der Waals surface area (Å²) >= 11 is 0. The van der Waals surface area contributed by atoms with E-state index in [0.717, 1.165) is 50.0 Å². The second kappa shape index (κ2) is 8.62. The SMILES string of the molecule is Cc1cc(Nc2ncc(F)c(N[C@@H]3[C@H](C(N)=O)[C@@H]4C=C[C@@H]3C4)n2)ccc1N1CCN(C)CC1. The highest BCUT2D eigenvalue weighted by Crippen LogP contribution is 2.44. The summed E-state index contributed by atoms with van der Waals surface area (Å²) in [6, 6.07) is 5.88. The van der Waals surface area contributed by atoms with Crippen LogP contribution in [0.25, 0.3) is 0 Å². The number of fused-ring (bicyclic) bond motifs is 2. The summed E-state index contributed by atoms with van der Waals surface area (Å²) < 4.78 is 14.5. The van der Waals surface area contributed by atoms with Gasteiger partial charge in [0.25, 0.3) is 0 Å². The van der Waals surface area contributed by atoms with Crippen molar-refractivity contribution in [2.75, 3.05) is 48.8 Å². The Labute approximate surface area is 193 Å². The van der Waals surface area contributed by atoms with Crippen LogP contribution < -0.4 is 21.3 Å². The fraction of sp³-hybridized carbons (Fsp3) is 0.458. The number of nitrogens with two attached hydrogens (primary N) is 1. The number of hydrogen-bond acceptors (Lipinski definition) is 7. The fourth-order valence-electron chi connectivity index (χ4n) is 5.36. The minimum atomic E-state index is -0.558. The van der Waals surface area contributed by atoms with E-state index in [1.54, 1.807) is 0 Å². The van der Waals surface area contributed by atoms with Crippen molar-refractivity contribution in [3.63, 3.8) is 0 Å². The molecule has 2 bridgehead atoms. The van der Waals surface area contributed by atoms with E-state index in [2.05, 4.69) is 62.6 Å². The number of rotatable bonds is 6. The summed E-state index contributed by atoms with van der Waals surface area (Å²) in [5, 5.41) is 6.32. The Morgan fingerprint density at radius 1 is 1.18 bits per heavy atom. The first kappa shape index (κ1) is 21.6. The van der Waals surface area contributed by atoms with E-state index in [1.807, 2.05) is 12.1 Å². The summed E-state index contributed by atoms with van der Waals surface area (Å²) in [5.41, 5.74) is 8.84. The molecule has 8 nitrogen and oxygen atoms in total. The molecule has 1 aromatic heterocycles. The summed E-state index contributed by atoms with van der Waals surface area (Å²) in [6.45, 7) is 6.20. The minimum Gasteiger partial charge on any atom is -0.369 e.